The Kier molecular flexibility index (Phi) is 6.71. The molecule has 0 bridgehead atoms. The van der Waals surface area contributed by atoms with Crippen molar-refractivity contribution in [3.63, 3.8) is 0 Å². The average molecular weight is 337 g/mol. The van der Waals surface area contributed by atoms with Gasteiger partial charge in [-0.05, 0) is 23.8 Å². The lowest BCUT2D eigenvalue weighted by molar-refractivity contribution is -0.119. The Labute approximate surface area is 138 Å². The predicted octanol–water partition coefficient (Wildman–Crippen LogP) is 2.82. The van der Waals surface area contributed by atoms with Crippen molar-refractivity contribution in [2.24, 2.45) is 0 Å². The lowest BCUT2D eigenvalue weighted by Crippen LogP contribution is -2.29. The average Bonchev–Trinajstić information content (AvgIpc) is 2.54. The van der Waals surface area contributed by atoms with E-state index in [-0.39, 0.29) is 12.5 Å². The van der Waals surface area contributed by atoms with Crippen molar-refractivity contribution in [3.05, 3.63) is 64.9 Å². The number of nitrogens with zero attached hydrogens (tertiary/aromatic N) is 1. The first-order chi connectivity index (χ1) is 10.7. The molecule has 0 unspecified atom stereocenters. The Hall–Kier alpha value is -1.56. The normalized spacial score (nSPS) is 11.9. The molecule has 0 saturated heterocycles. The van der Waals surface area contributed by atoms with E-state index < -0.39 is 6.10 Å². The second-order valence-corrected chi connectivity index (χ2v) is 6.08. The molecule has 2 aromatic rings. The molecule has 0 aliphatic carbocycles. The summed E-state index contributed by atoms with van der Waals surface area (Å²) in [4.78, 5) is 15.7. The summed E-state index contributed by atoms with van der Waals surface area (Å²) in [6, 6.07) is 10.9. The van der Waals surface area contributed by atoms with Gasteiger partial charge in [0.1, 0.15) is 0 Å². The van der Waals surface area contributed by atoms with Crippen LogP contribution in [0.1, 0.15) is 17.2 Å². The number of hydrogen-bond acceptors (Lipinski definition) is 4. The van der Waals surface area contributed by atoms with Crippen molar-refractivity contribution < 1.29 is 9.90 Å². The largest absolute Gasteiger partial charge is 0.387 e. The van der Waals surface area contributed by atoms with Gasteiger partial charge in [0, 0.05) is 35.3 Å². The molecule has 6 heteroatoms. The fourth-order valence-corrected chi connectivity index (χ4v) is 2.94. The molecule has 0 spiro atoms. The number of aliphatic hydroxyl groups excluding tert-OH is 1. The molecule has 22 heavy (non-hydrogen) atoms. The first-order valence-electron chi connectivity index (χ1n) is 6.82. The zero-order valence-electron chi connectivity index (χ0n) is 11.9. The predicted molar refractivity (Wildman–Crippen MR) is 89.8 cm³/mol. The lowest BCUT2D eigenvalue weighted by Gasteiger charge is -2.13. The number of carbonyl (C=O) groups excluding carboxylic acids is 1. The lowest BCUT2D eigenvalue weighted by atomic mass is 10.1. The van der Waals surface area contributed by atoms with Crippen molar-refractivity contribution in [2.75, 3.05) is 12.3 Å². The Morgan fingerprint density at radius 2 is 2.00 bits per heavy atom. The number of carbonyl (C=O) groups is 1. The van der Waals surface area contributed by atoms with Gasteiger partial charge in [-0.2, -0.15) is 0 Å². The second-order valence-electron chi connectivity index (χ2n) is 4.69. The summed E-state index contributed by atoms with van der Waals surface area (Å²) in [7, 11) is 0. The highest BCUT2D eigenvalue weighted by molar-refractivity contribution is 7.99. The maximum absolute atomic E-state index is 11.8. The molecule has 1 aromatic carbocycles. The fraction of sp³-hybridized carbons (Fsp3) is 0.250. The Balaban J connectivity index is 1.70. The van der Waals surface area contributed by atoms with Crippen molar-refractivity contribution in [2.45, 2.75) is 11.9 Å². The molecule has 0 aliphatic heterocycles. The van der Waals surface area contributed by atoms with E-state index in [0.29, 0.717) is 16.3 Å². The van der Waals surface area contributed by atoms with E-state index in [1.165, 1.54) is 11.8 Å². The zero-order valence-corrected chi connectivity index (χ0v) is 13.5. The SMILES string of the molecule is O=C(CSCc1ccncc1)NC[C@H](O)c1ccccc1Cl. The highest BCUT2D eigenvalue weighted by Crippen LogP contribution is 2.21. The summed E-state index contributed by atoms with van der Waals surface area (Å²) < 4.78 is 0. The summed E-state index contributed by atoms with van der Waals surface area (Å²) >= 11 is 7.52. The smallest absolute Gasteiger partial charge is 0.230 e. The van der Waals surface area contributed by atoms with Gasteiger partial charge >= 0.3 is 0 Å². The molecule has 1 aromatic heterocycles. The molecule has 4 nitrogen and oxygen atoms in total. The van der Waals surface area contributed by atoms with Gasteiger partial charge in [-0.1, -0.05) is 29.8 Å². The van der Waals surface area contributed by atoms with Crippen LogP contribution < -0.4 is 5.32 Å². The van der Waals surface area contributed by atoms with Crippen molar-refractivity contribution in [1.29, 1.82) is 0 Å². The summed E-state index contributed by atoms with van der Waals surface area (Å²) in [6.45, 7) is 0.151. The van der Waals surface area contributed by atoms with E-state index in [1.807, 2.05) is 12.1 Å². The minimum absolute atomic E-state index is 0.106. The van der Waals surface area contributed by atoms with Crippen LogP contribution in [0.2, 0.25) is 5.02 Å². The van der Waals surface area contributed by atoms with E-state index in [1.54, 1.807) is 36.7 Å². The topological polar surface area (TPSA) is 62.2 Å². The second kappa shape index (κ2) is 8.78. The van der Waals surface area contributed by atoms with E-state index in [9.17, 15) is 9.90 Å². The minimum Gasteiger partial charge on any atom is -0.387 e. The standard InChI is InChI=1S/C16H17ClN2O2S/c17-14-4-2-1-3-13(14)15(20)9-19-16(21)11-22-10-12-5-7-18-8-6-12/h1-8,15,20H,9-11H2,(H,19,21)/t15-/m0/s1. The summed E-state index contributed by atoms with van der Waals surface area (Å²) in [5.41, 5.74) is 1.75. The Morgan fingerprint density at radius 3 is 2.73 bits per heavy atom. The molecule has 0 radical (unpaired) electrons. The number of halogens is 1. The number of amides is 1. The van der Waals surface area contributed by atoms with Crippen LogP contribution in [0.15, 0.2) is 48.8 Å². The van der Waals surface area contributed by atoms with Crippen molar-refractivity contribution >= 4 is 29.3 Å². The number of hydrogen-bond donors (Lipinski definition) is 2. The molecule has 2 N–H and O–H groups in total. The van der Waals surface area contributed by atoms with E-state index in [2.05, 4.69) is 10.3 Å². The molecule has 1 amide bonds. The molecule has 0 aliphatic rings. The molecule has 1 heterocycles. The molecule has 116 valence electrons. The first kappa shape index (κ1) is 16.8. The van der Waals surface area contributed by atoms with E-state index in [4.69, 9.17) is 11.6 Å². The van der Waals surface area contributed by atoms with Gasteiger partial charge in [0.2, 0.25) is 5.91 Å². The molecule has 0 fully saturated rings. The molecule has 0 saturated carbocycles. The van der Waals surface area contributed by atoms with Crippen molar-refractivity contribution in [1.82, 2.24) is 10.3 Å². The number of rotatable bonds is 7. The third-order valence-electron chi connectivity index (χ3n) is 3.01. The van der Waals surface area contributed by atoms with E-state index in [0.717, 1.165) is 11.3 Å². The van der Waals surface area contributed by atoms with Crippen LogP contribution in [0.5, 0.6) is 0 Å². The van der Waals surface area contributed by atoms with Crippen LogP contribution in [-0.4, -0.2) is 28.3 Å². The monoisotopic (exact) mass is 336 g/mol. The van der Waals surface area contributed by atoms with Crippen LogP contribution in [0, 0.1) is 0 Å². The summed E-state index contributed by atoms with van der Waals surface area (Å²) in [5.74, 6) is 0.991. The van der Waals surface area contributed by atoms with Gasteiger partial charge in [0.05, 0.1) is 11.9 Å². The first-order valence-corrected chi connectivity index (χ1v) is 8.36. The van der Waals surface area contributed by atoms with Crippen LogP contribution in [0.3, 0.4) is 0 Å². The number of aliphatic hydroxyl groups is 1. The highest BCUT2D eigenvalue weighted by atomic mass is 35.5. The Morgan fingerprint density at radius 1 is 1.27 bits per heavy atom. The molecule has 2 rings (SSSR count). The number of pyridine rings is 1. The number of nitrogens with one attached hydrogen (secondary N) is 1. The third kappa shape index (κ3) is 5.33. The highest BCUT2D eigenvalue weighted by Gasteiger charge is 2.12. The van der Waals surface area contributed by atoms with Gasteiger partial charge in [-0.3, -0.25) is 9.78 Å². The number of benzene rings is 1. The van der Waals surface area contributed by atoms with E-state index >= 15 is 0 Å². The van der Waals surface area contributed by atoms with Crippen LogP contribution in [0.25, 0.3) is 0 Å². The Bertz CT molecular complexity index is 610. The van der Waals surface area contributed by atoms with Crippen molar-refractivity contribution in [3.8, 4) is 0 Å². The van der Waals surface area contributed by atoms with Gasteiger partial charge in [0.15, 0.2) is 0 Å². The summed E-state index contributed by atoms with van der Waals surface area (Å²) in [6.07, 6.45) is 2.66. The molecular formula is C16H17ClN2O2S. The quantitative estimate of drug-likeness (QED) is 0.816. The molecule has 1 atom stereocenters. The third-order valence-corrected chi connectivity index (χ3v) is 4.36. The van der Waals surface area contributed by atoms with Gasteiger partial charge in [0.25, 0.3) is 0 Å². The van der Waals surface area contributed by atoms with Crippen LogP contribution in [0.4, 0.5) is 0 Å². The maximum Gasteiger partial charge on any atom is 0.230 e. The zero-order chi connectivity index (χ0) is 15.8. The number of aromatic nitrogens is 1. The molecular weight excluding hydrogens is 320 g/mol. The van der Waals surface area contributed by atoms with Gasteiger partial charge in [-0.25, -0.2) is 0 Å². The fourth-order valence-electron chi connectivity index (χ4n) is 1.86. The maximum atomic E-state index is 11.8. The van der Waals surface area contributed by atoms with Crippen LogP contribution >= 0.6 is 23.4 Å². The summed E-state index contributed by atoms with van der Waals surface area (Å²) in [5, 5.41) is 13.3. The van der Waals surface area contributed by atoms with Crippen LogP contribution in [-0.2, 0) is 10.5 Å². The minimum atomic E-state index is -0.803. The number of thioether (sulfide) groups is 1. The van der Waals surface area contributed by atoms with Gasteiger partial charge in [-0.15, -0.1) is 11.8 Å². The van der Waals surface area contributed by atoms with Gasteiger partial charge < -0.3 is 10.4 Å².